The summed E-state index contributed by atoms with van der Waals surface area (Å²) in [6, 6.07) is -1.51. The van der Waals surface area contributed by atoms with Crippen molar-refractivity contribution >= 4 is 12.0 Å². The van der Waals surface area contributed by atoms with Crippen molar-refractivity contribution in [3.05, 3.63) is 12.2 Å². The van der Waals surface area contributed by atoms with Crippen LogP contribution >= 0.6 is 0 Å². The van der Waals surface area contributed by atoms with E-state index in [1.807, 2.05) is 0 Å². The minimum atomic E-state index is -1.08. The molecule has 2 amide bonds. The smallest absolute Gasteiger partial charge is 0.326 e. The Morgan fingerprint density at radius 3 is 2.85 bits per heavy atom. The van der Waals surface area contributed by atoms with Crippen LogP contribution in [0.1, 0.15) is 18.7 Å². The third kappa shape index (κ3) is 5.65. The summed E-state index contributed by atoms with van der Waals surface area (Å²) in [5.41, 5.74) is 0. The lowest BCUT2D eigenvalue weighted by Gasteiger charge is -2.14. The number of nitrogens with zero attached hydrogens (tertiary/aromatic N) is 3. The number of amides is 2. The van der Waals surface area contributed by atoms with E-state index in [4.69, 9.17) is 9.84 Å². The van der Waals surface area contributed by atoms with Gasteiger partial charge in [0, 0.05) is 20.8 Å². The van der Waals surface area contributed by atoms with E-state index in [0.29, 0.717) is 25.3 Å². The largest absolute Gasteiger partial charge is 0.480 e. The molecule has 1 unspecified atom stereocenters. The van der Waals surface area contributed by atoms with Crippen LogP contribution in [0.5, 0.6) is 0 Å². The number of carboxylic acids is 1. The van der Waals surface area contributed by atoms with Gasteiger partial charge in [-0.1, -0.05) is 0 Å². The number of carbonyl (C=O) groups excluding carboxylic acids is 1. The van der Waals surface area contributed by atoms with E-state index in [-0.39, 0.29) is 6.54 Å². The molecule has 0 saturated carbocycles. The molecule has 3 N–H and O–H groups in total. The Bertz CT molecular complexity index is 448. The number of ether oxygens (including phenoxy) is 1. The molecule has 1 atom stereocenters. The predicted octanol–water partition coefficient (Wildman–Crippen LogP) is -0.506. The fraction of sp³-hybridized carbons (Fsp3) is 0.636. The summed E-state index contributed by atoms with van der Waals surface area (Å²) in [4.78, 5) is 26.5. The number of nitrogens with one attached hydrogen (secondary N) is 2. The number of hydrogen-bond donors (Lipinski definition) is 3. The molecule has 0 aliphatic carbocycles. The van der Waals surface area contributed by atoms with E-state index in [2.05, 4.69) is 20.7 Å². The maximum Gasteiger partial charge on any atom is 0.326 e. The van der Waals surface area contributed by atoms with Crippen LogP contribution < -0.4 is 10.6 Å². The number of carbonyl (C=O) groups is 2. The molecule has 0 fully saturated rings. The second kappa shape index (κ2) is 8.10. The van der Waals surface area contributed by atoms with Crippen LogP contribution in [0.4, 0.5) is 4.79 Å². The van der Waals surface area contributed by atoms with E-state index in [1.165, 1.54) is 18.1 Å². The molecule has 1 heterocycles. The molecule has 9 heteroatoms. The Kier molecular flexibility index (Phi) is 6.44. The van der Waals surface area contributed by atoms with Crippen molar-refractivity contribution in [2.45, 2.75) is 25.4 Å². The van der Waals surface area contributed by atoms with Gasteiger partial charge >= 0.3 is 12.0 Å². The normalized spacial score (nSPS) is 11.9. The topological polar surface area (TPSA) is 118 Å². The third-order valence-corrected chi connectivity index (χ3v) is 2.50. The number of hydrogen-bond acceptors (Lipinski definition) is 5. The van der Waals surface area contributed by atoms with E-state index >= 15 is 0 Å². The van der Waals surface area contributed by atoms with Gasteiger partial charge in [-0.15, -0.1) is 0 Å². The van der Waals surface area contributed by atoms with Crippen molar-refractivity contribution in [3.63, 3.8) is 0 Å². The Morgan fingerprint density at radius 2 is 2.30 bits per heavy atom. The van der Waals surface area contributed by atoms with Crippen LogP contribution in [-0.2, 0) is 23.1 Å². The number of aryl methyl sites for hydroxylation is 1. The van der Waals surface area contributed by atoms with Crippen LogP contribution in [0.3, 0.4) is 0 Å². The zero-order valence-corrected chi connectivity index (χ0v) is 11.5. The first-order valence-electron chi connectivity index (χ1n) is 6.13. The van der Waals surface area contributed by atoms with Crippen LogP contribution in [0.25, 0.3) is 0 Å². The molecule has 20 heavy (non-hydrogen) atoms. The highest BCUT2D eigenvalue weighted by molar-refractivity contribution is 5.82. The lowest BCUT2D eigenvalue weighted by molar-refractivity contribution is -0.139. The van der Waals surface area contributed by atoms with Gasteiger partial charge in [-0.2, -0.15) is 5.10 Å². The molecule has 0 saturated heterocycles. The summed E-state index contributed by atoms with van der Waals surface area (Å²) in [7, 11) is 3.25. The lowest BCUT2D eigenvalue weighted by atomic mass is 10.1. The van der Waals surface area contributed by atoms with E-state index in [9.17, 15) is 9.59 Å². The fourth-order valence-electron chi connectivity index (χ4n) is 1.52. The highest BCUT2D eigenvalue weighted by atomic mass is 16.5. The molecule has 0 bridgehead atoms. The second-order valence-electron chi connectivity index (χ2n) is 4.19. The summed E-state index contributed by atoms with van der Waals surface area (Å²) >= 11 is 0. The van der Waals surface area contributed by atoms with Crippen molar-refractivity contribution in [2.75, 3.05) is 13.7 Å². The second-order valence-corrected chi connectivity index (χ2v) is 4.19. The first kappa shape index (κ1) is 15.9. The number of rotatable bonds is 8. The average molecular weight is 285 g/mol. The average Bonchev–Trinajstić information content (AvgIpc) is 2.81. The maximum atomic E-state index is 11.6. The first-order chi connectivity index (χ1) is 9.52. The number of aromatic nitrogens is 3. The quantitative estimate of drug-likeness (QED) is 0.554. The molecule has 9 nitrogen and oxygen atoms in total. The van der Waals surface area contributed by atoms with E-state index in [0.717, 1.165) is 0 Å². The number of methoxy groups -OCH3 is 1. The third-order valence-electron chi connectivity index (χ3n) is 2.50. The van der Waals surface area contributed by atoms with Gasteiger partial charge in [0.25, 0.3) is 0 Å². The van der Waals surface area contributed by atoms with Crippen LogP contribution in [0, 0.1) is 0 Å². The van der Waals surface area contributed by atoms with Gasteiger partial charge in [-0.05, 0) is 12.8 Å². The standard InChI is InChI=1S/C11H19N5O4/c1-16-7-13-9(15-16)6-12-11(19)14-8(10(17)18)4-3-5-20-2/h7-8H,3-6H2,1-2H3,(H,17,18)(H2,12,14,19). The van der Waals surface area contributed by atoms with Gasteiger partial charge in [-0.3, -0.25) is 4.68 Å². The zero-order chi connectivity index (χ0) is 15.0. The molecule has 0 spiro atoms. The predicted molar refractivity (Wildman–Crippen MR) is 68.9 cm³/mol. The Labute approximate surface area is 116 Å². The molecule has 0 radical (unpaired) electrons. The zero-order valence-electron chi connectivity index (χ0n) is 11.5. The minimum absolute atomic E-state index is 0.136. The van der Waals surface area contributed by atoms with Crippen LogP contribution in [0.15, 0.2) is 6.33 Å². The summed E-state index contributed by atoms with van der Waals surface area (Å²) in [6.45, 7) is 0.585. The molecule has 1 aromatic rings. The summed E-state index contributed by atoms with van der Waals surface area (Å²) < 4.78 is 6.36. The summed E-state index contributed by atoms with van der Waals surface area (Å²) in [6.07, 6.45) is 2.37. The van der Waals surface area contributed by atoms with Crippen molar-refractivity contribution in [2.24, 2.45) is 7.05 Å². The molecule has 112 valence electrons. The monoisotopic (exact) mass is 285 g/mol. The van der Waals surface area contributed by atoms with Crippen molar-refractivity contribution in [3.8, 4) is 0 Å². The van der Waals surface area contributed by atoms with Crippen LogP contribution in [-0.4, -0.2) is 51.6 Å². The minimum Gasteiger partial charge on any atom is -0.480 e. The highest BCUT2D eigenvalue weighted by Crippen LogP contribution is 1.98. The first-order valence-corrected chi connectivity index (χ1v) is 6.13. The van der Waals surface area contributed by atoms with Crippen molar-refractivity contribution in [1.82, 2.24) is 25.4 Å². The number of urea groups is 1. The Morgan fingerprint density at radius 1 is 1.55 bits per heavy atom. The van der Waals surface area contributed by atoms with Gasteiger partial charge < -0.3 is 20.5 Å². The molecular formula is C11H19N5O4. The summed E-state index contributed by atoms with van der Waals surface area (Å²) in [5.74, 6) is -0.624. The molecule has 0 aromatic carbocycles. The molecule has 0 aliphatic rings. The Hall–Kier alpha value is -2.16. The molecule has 1 rings (SSSR count). The van der Waals surface area contributed by atoms with Gasteiger partial charge in [0.1, 0.15) is 12.4 Å². The SMILES string of the molecule is COCCCC(NC(=O)NCc1ncn(C)n1)C(=O)O. The van der Waals surface area contributed by atoms with Gasteiger partial charge in [0.2, 0.25) is 0 Å². The highest BCUT2D eigenvalue weighted by Gasteiger charge is 2.19. The number of aliphatic carboxylic acids is 1. The lowest BCUT2D eigenvalue weighted by Crippen LogP contribution is -2.45. The van der Waals surface area contributed by atoms with Gasteiger partial charge in [-0.25, -0.2) is 14.6 Å². The van der Waals surface area contributed by atoms with Gasteiger partial charge in [0.15, 0.2) is 5.82 Å². The van der Waals surface area contributed by atoms with Crippen molar-refractivity contribution in [1.29, 1.82) is 0 Å². The van der Waals surface area contributed by atoms with Crippen LogP contribution in [0.2, 0.25) is 0 Å². The molecule has 0 aliphatic heterocycles. The van der Waals surface area contributed by atoms with Gasteiger partial charge in [0.05, 0.1) is 6.54 Å². The Balaban J connectivity index is 2.35. The fourth-order valence-corrected chi connectivity index (χ4v) is 1.52. The maximum absolute atomic E-state index is 11.6. The molecular weight excluding hydrogens is 266 g/mol. The number of carboxylic acid groups (broad SMARTS) is 1. The van der Waals surface area contributed by atoms with E-state index < -0.39 is 18.0 Å². The summed E-state index contributed by atoms with van der Waals surface area (Å²) in [5, 5.41) is 17.9. The van der Waals surface area contributed by atoms with E-state index in [1.54, 1.807) is 7.05 Å². The van der Waals surface area contributed by atoms with Crippen molar-refractivity contribution < 1.29 is 19.4 Å². The molecule has 1 aromatic heterocycles.